The molecule has 0 spiro atoms. The van der Waals surface area contributed by atoms with Crippen LogP contribution in [0.3, 0.4) is 0 Å². The lowest BCUT2D eigenvalue weighted by Gasteiger charge is -2.21. The van der Waals surface area contributed by atoms with Gasteiger partial charge in [-0.25, -0.2) is 4.98 Å². The number of anilines is 1. The minimum atomic E-state index is -0.603. The minimum absolute atomic E-state index is 0.268. The Hall–Kier alpha value is -2.51. The first-order valence-electron chi connectivity index (χ1n) is 7.83. The van der Waals surface area contributed by atoms with Crippen LogP contribution in [-0.2, 0) is 11.3 Å². The van der Waals surface area contributed by atoms with E-state index in [-0.39, 0.29) is 6.61 Å². The van der Waals surface area contributed by atoms with Gasteiger partial charge in [-0.05, 0) is 24.6 Å². The average Bonchev–Trinajstić information content (AvgIpc) is 2.94. The summed E-state index contributed by atoms with van der Waals surface area (Å²) < 4.78 is 7.07. The molecule has 0 saturated carbocycles. The fraction of sp³-hybridized carbons (Fsp3) is 0.353. The van der Waals surface area contributed by atoms with Crippen molar-refractivity contribution in [2.45, 2.75) is 19.6 Å². The normalized spacial score (nSPS) is 12.5. The molecule has 3 aromatic rings. The van der Waals surface area contributed by atoms with Gasteiger partial charge in [0.2, 0.25) is 0 Å². The van der Waals surface area contributed by atoms with Crippen molar-refractivity contribution < 1.29 is 9.84 Å². The van der Waals surface area contributed by atoms with Crippen LogP contribution >= 0.6 is 0 Å². The summed E-state index contributed by atoms with van der Waals surface area (Å²) in [5, 5.41) is 18.7. The van der Waals surface area contributed by atoms with Crippen molar-refractivity contribution in [1.82, 2.24) is 19.8 Å². The number of fused-ring (bicyclic) bond motifs is 1. The molecule has 0 radical (unpaired) electrons. The van der Waals surface area contributed by atoms with E-state index in [9.17, 15) is 5.11 Å². The van der Waals surface area contributed by atoms with Gasteiger partial charge in [-0.1, -0.05) is 30.3 Å². The van der Waals surface area contributed by atoms with Gasteiger partial charge in [-0.15, -0.1) is 14.8 Å². The maximum atomic E-state index is 10.1. The topological polar surface area (TPSA) is 75.8 Å². The van der Waals surface area contributed by atoms with Gasteiger partial charge in [0.25, 0.3) is 0 Å². The van der Waals surface area contributed by atoms with Crippen molar-refractivity contribution in [2.24, 2.45) is 0 Å². The summed E-state index contributed by atoms with van der Waals surface area (Å²) in [5.41, 5.74) is 1.79. The van der Waals surface area contributed by atoms with Gasteiger partial charge < -0.3 is 14.7 Å². The third-order valence-corrected chi connectivity index (χ3v) is 3.60. The van der Waals surface area contributed by atoms with Gasteiger partial charge in [0.1, 0.15) is 5.82 Å². The van der Waals surface area contributed by atoms with Crippen LogP contribution in [0.4, 0.5) is 5.82 Å². The van der Waals surface area contributed by atoms with Crippen LogP contribution in [0.2, 0.25) is 0 Å². The molecule has 7 heteroatoms. The SMILES string of the molecule is Cc1nc2ccc(N(C)CC(O)COCc3ccccc3)nn2n1. The molecule has 2 aromatic heterocycles. The number of rotatable bonds is 7. The first-order valence-corrected chi connectivity index (χ1v) is 7.83. The molecular formula is C17H21N5O2. The first kappa shape index (κ1) is 16.4. The Bertz CT molecular complexity index is 790. The van der Waals surface area contributed by atoms with Crippen LogP contribution in [-0.4, -0.2) is 51.2 Å². The Balaban J connectivity index is 1.52. The van der Waals surface area contributed by atoms with Gasteiger partial charge in [0, 0.05) is 13.6 Å². The maximum absolute atomic E-state index is 10.1. The number of aliphatic hydroxyl groups excluding tert-OH is 1. The number of aliphatic hydroxyl groups is 1. The van der Waals surface area contributed by atoms with Gasteiger partial charge in [-0.3, -0.25) is 0 Å². The molecule has 0 aliphatic heterocycles. The smallest absolute Gasteiger partial charge is 0.176 e. The molecule has 0 saturated heterocycles. The Morgan fingerprint density at radius 1 is 1.17 bits per heavy atom. The highest BCUT2D eigenvalue weighted by molar-refractivity contribution is 5.44. The number of hydrogen-bond donors (Lipinski definition) is 1. The van der Waals surface area contributed by atoms with Gasteiger partial charge in [0.05, 0.1) is 19.3 Å². The highest BCUT2D eigenvalue weighted by Gasteiger charge is 2.12. The van der Waals surface area contributed by atoms with Crippen molar-refractivity contribution in [3.63, 3.8) is 0 Å². The predicted octanol–water partition coefficient (Wildman–Crippen LogP) is 1.45. The first-order chi connectivity index (χ1) is 11.6. The molecule has 1 N–H and O–H groups in total. The number of likely N-dealkylation sites (N-methyl/N-ethyl adjacent to an activating group) is 1. The van der Waals surface area contributed by atoms with E-state index in [1.54, 1.807) is 0 Å². The average molecular weight is 327 g/mol. The van der Waals surface area contributed by atoms with Crippen molar-refractivity contribution in [3.05, 3.63) is 53.9 Å². The van der Waals surface area contributed by atoms with Gasteiger partial charge in [0.15, 0.2) is 11.5 Å². The van der Waals surface area contributed by atoms with E-state index in [0.29, 0.717) is 24.6 Å². The Labute approximate surface area is 140 Å². The molecule has 0 amide bonds. The quantitative estimate of drug-likeness (QED) is 0.708. The Morgan fingerprint density at radius 2 is 1.96 bits per heavy atom. The zero-order valence-corrected chi connectivity index (χ0v) is 13.8. The molecule has 126 valence electrons. The van der Waals surface area contributed by atoms with Crippen molar-refractivity contribution >= 4 is 11.5 Å². The second-order valence-corrected chi connectivity index (χ2v) is 5.73. The van der Waals surface area contributed by atoms with Crippen molar-refractivity contribution in [3.8, 4) is 0 Å². The summed E-state index contributed by atoms with van der Waals surface area (Å²) in [5.74, 6) is 1.39. The van der Waals surface area contributed by atoms with Crippen LogP contribution in [0.25, 0.3) is 5.65 Å². The van der Waals surface area contributed by atoms with Crippen LogP contribution < -0.4 is 4.90 Å². The second kappa shape index (κ2) is 7.37. The van der Waals surface area contributed by atoms with E-state index in [1.807, 2.05) is 61.3 Å². The van der Waals surface area contributed by atoms with Gasteiger partial charge >= 0.3 is 0 Å². The third-order valence-electron chi connectivity index (χ3n) is 3.60. The lowest BCUT2D eigenvalue weighted by Crippen LogP contribution is -2.32. The predicted molar refractivity (Wildman–Crippen MR) is 90.9 cm³/mol. The summed E-state index contributed by atoms with van der Waals surface area (Å²) >= 11 is 0. The highest BCUT2D eigenvalue weighted by Crippen LogP contribution is 2.10. The van der Waals surface area contributed by atoms with E-state index >= 15 is 0 Å². The fourth-order valence-electron chi connectivity index (χ4n) is 2.43. The zero-order chi connectivity index (χ0) is 16.9. The molecule has 24 heavy (non-hydrogen) atoms. The third kappa shape index (κ3) is 4.06. The number of benzene rings is 1. The molecule has 2 heterocycles. The van der Waals surface area contributed by atoms with Gasteiger partial charge in [-0.2, -0.15) is 0 Å². The van der Waals surface area contributed by atoms with E-state index < -0.39 is 6.10 Å². The van der Waals surface area contributed by atoms with Crippen LogP contribution in [0, 0.1) is 6.92 Å². The van der Waals surface area contributed by atoms with Crippen LogP contribution in [0.15, 0.2) is 42.5 Å². The molecule has 1 unspecified atom stereocenters. The second-order valence-electron chi connectivity index (χ2n) is 5.73. The largest absolute Gasteiger partial charge is 0.389 e. The lowest BCUT2D eigenvalue weighted by atomic mass is 10.2. The summed E-state index contributed by atoms with van der Waals surface area (Å²) in [4.78, 5) is 6.11. The lowest BCUT2D eigenvalue weighted by molar-refractivity contribution is 0.0324. The number of hydrogen-bond acceptors (Lipinski definition) is 6. The van der Waals surface area contributed by atoms with E-state index in [4.69, 9.17) is 4.74 Å². The summed E-state index contributed by atoms with van der Waals surface area (Å²) in [6, 6.07) is 13.6. The fourth-order valence-corrected chi connectivity index (χ4v) is 2.43. The highest BCUT2D eigenvalue weighted by atomic mass is 16.5. The minimum Gasteiger partial charge on any atom is -0.389 e. The summed E-state index contributed by atoms with van der Waals surface area (Å²) in [7, 11) is 1.87. The van der Waals surface area contributed by atoms with Crippen LogP contribution in [0.5, 0.6) is 0 Å². The van der Waals surface area contributed by atoms with E-state index in [2.05, 4.69) is 15.2 Å². The monoisotopic (exact) mass is 327 g/mol. The number of aromatic nitrogens is 4. The number of nitrogens with zero attached hydrogens (tertiary/aromatic N) is 5. The zero-order valence-electron chi connectivity index (χ0n) is 13.8. The standard InChI is InChI=1S/C17H21N5O2/c1-13-18-16-8-9-17(20-22(16)19-13)21(2)10-15(23)12-24-11-14-6-4-3-5-7-14/h3-9,15,23H,10-12H2,1-2H3. The number of ether oxygens (including phenoxy) is 1. The molecule has 1 aromatic carbocycles. The molecule has 0 aliphatic carbocycles. The molecule has 0 bridgehead atoms. The van der Waals surface area contributed by atoms with Crippen molar-refractivity contribution in [1.29, 1.82) is 0 Å². The molecule has 1 atom stereocenters. The van der Waals surface area contributed by atoms with Crippen molar-refractivity contribution in [2.75, 3.05) is 25.1 Å². The molecular weight excluding hydrogens is 306 g/mol. The maximum Gasteiger partial charge on any atom is 0.176 e. The van der Waals surface area contributed by atoms with E-state index in [1.165, 1.54) is 4.63 Å². The van der Waals surface area contributed by atoms with E-state index in [0.717, 1.165) is 11.4 Å². The molecule has 0 aliphatic rings. The Kier molecular flexibility index (Phi) is 5.02. The summed E-state index contributed by atoms with van der Waals surface area (Å²) in [6.07, 6.45) is -0.603. The molecule has 0 fully saturated rings. The number of aryl methyl sites for hydroxylation is 1. The Morgan fingerprint density at radius 3 is 2.75 bits per heavy atom. The molecule has 7 nitrogen and oxygen atoms in total. The van der Waals surface area contributed by atoms with Crippen LogP contribution in [0.1, 0.15) is 11.4 Å². The summed E-state index contributed by atoms with van der Waals surface area (Å²) in [6.45, 7) is 3.00. The molecule has 3 rings (SSSR count).